The molecule has 0 bridgehead atoms. The Bertz CT molecular complexity index is 145. The average molecular weight is 258 g/mol. The summed E-state index contributed by atoms with van der Waals surface area (Å²) < 4.78 is 0. The van der Waals surface area contributed by atoms with Crippen molar-refractivity contribution in [2.45, 2.75) is 67.2 Å². The molecule has 0 radical (unpaired) electrons. The normalized spacial score (nSPS) is 16.2. The molecular weight excluding hydrogens is 223 g/mol. The highest BCUT2D eigenvalue weighted by atomic mass is 31.1. The van der Waals surface area contributed by atoms with Crippen LogP contribution in [0, 0.1) is 23.7 Å². The molecule has 0 rings (SSSR count). The van der Waals surface area contributed by atoms with Crippen LogP contribution >= 0.6 is 8.58 Å². The van der Waals surface area contributed by atoms with E-state index in [0.29, 0.717) is 0 Å². The second kappa shape index (κ2) is 10.4. The summed E-state index contributed by atoms with van der Waals surface area (Å²) in [7, 11) is 1.20. The Morgan fingerprint density at radius 1 is 0.588 bits per heavy atom. The quantitative estimate of drug-likeness (QED) is 0.434. The Morgan fingerprint density at radius 2 is 0.941 bits per heavy atom. The molecule has 0 fully saturated rings. The second-order valence-electron chi connectivity index (χ2n) is 6.81. The van der Waals surface area contributed by atoms with E-state index in [1.807, 2.05) is 0 Å². The predicted molar refractivity (Wildman–Crippen MR) is 84.5 cm³/mol. The van der Waals surface area contributed by atoms with Crippen LogP contribution < -0.4 is 0 Å². The minimum absolute atomic E-state index is 0.880. The Labute approximate surface area is 112 Å². The van der Waals surface area contributed by atoms with Gasteiger partial charge < -0.3 is 0 Å². The van der Waals surface area contributed by atoms with Crippen LogP contribution in [-0.2, 0) is 0 Å². The van der Waals surface area contributed by atoms with Gasteiger partial charge in [-0.15, -0.1) is 8.58 Å². The molecule has 0 aliphatic carbocycles. The van der Waals surface area contributed by atoms with Crippen molar-refractivity contribution >= 4 is 8.58 Å². The maximum absolute atomic E-state index is 2.44. The van der Waals surface area contributed by atoms with Crippen molar-refractivity contribution in [1.82, 2.24) is 0 Å². The molecule has 0 nitrogen and oxygen atoms in total. The summed E-state index contributed by atoms with van der Waals surface area (Å²) in [5.74, 6) is 3.66. The van der Waals surface area contributed by atoms with Crippen molar-refractivity contribution in [3.05, 3.63) is 0 Å². The largest absolute Gasteiger partial charge is 0.122 e. The molecule has 1 heteroatoms. The summed E-state index contributed by atoms with van der Waals surface area (Å²) >= 11 is 0. The molecule has 0 aliphatic heterocycles. The van der Waals surface area contributed by atoms with E-state index in [1.165, 1.54) is 46.6 Å². The third-order valence-electron chi connectivity index (χ3n) is 3.46. The molecule has 0 N–H and O–H groups in total. The van der Waals surface area contributed by atoms with Crippen molar-refractivity contribution < 1.29 is 0 Å². The van der Waals surface area contributed by atoms with Crippen molar-refractivity contribution in [2.24, 2.45) is 23.7 Å². The fourth-order valence-electron chi connectivity index (χ4n) is 2.02. The van der Waals surface area contributed by atoms with E-state index in [4.69, 9.17) is 0 Å². The Kier molecular flexibility index (Phi) is 10.6. The maximum Gasteiger partial charge on any atom is -0.0328 e. The first kappa shape index (κ1) is 17.4. The first-order chi connectivity index (χ1) is 7.91. The van der Waals surface area contributed by atoms with Crippen LogP contribution in [0.1, 0.15) is 67.2 Å². The van der Waals surface area contributed by atoms with Gasteiger partial charge in [-0.05, 0) is 36.0 Å². The lowest BCUT2D eigenvalue weighted by atomic mass is 10.0. The van der Waals surface area contributed by atoms with Crippen molar-refractivity contribution in [1.29, 1.82) is 0 Å². The zero-order valence-electron chi connectivity index (χ0n) is 13.1. The number of hydrogen-bond acceptors (Lipinski definition) is 0. The van der Waals surface area contributed by atoms with Gasteiger partial charge >= 0.3 is 0 Å². The molecule has 2 atom stereocenters. The summed E-state index contributed by atoms with van der Waals surface area (Å²) in [5.41, 5.74) is 0. The van der Waals surface area contributed by atoms with Gasteiger partial charge in [0.1, 0.15) is 0 Å². The van der Waals surface area contributed by atoms with Crippen LogP contribution in [0.3, 0.4) is 0 Å². The summed E-state index contributed by atoms with van der Waals surface area (Å²) in [6.07, 6.45) is 8.64. The van der Waals surface area contributed by atoms with Gasteiger partial charge in [0.15, 0.2) is 0 Å². The predicted octanol–water partition coefficient (Wildman–Crippen LogP) is 5.81. The SMILES string of the molecule is CC(C)CCC(C)CPCC(C)CCC(C)C. The van der Waals surface area contributed by atoms with Gasteiger partial charge in [-0.1, -0.05) is 67.2 Å². The fourth-order valence-corrected chi connectivity index (χ4v) is 3.58. The van der Waals surface area contributed by atoms with Crippen molar-refractivity contribution in [3.8, 4) is 0 Å². The van der Waals surface area contributed by atoms with Gasteiger partial charge in [-0.2, -0.15) is 0 Å². The third kappa shape index (κ3) is 12.7. The van der Waals surface area contributed by atoms with Gasteiger partial charge in [0.2, 0.25) is 0 Å². The Morgan fingerprint density at radius 3 is 1.24 bits per heavy atom. The van der Waals surface area contributed by atoms with E-state index in [1.54, 1.807) is 0 Å². The van der Waals surface area contributed by atoms with Crippen LogP contribution in [0.15, 0.2) is 0 Å². The number of rotatable bonds is 10. The Balaban J connectivity index is 3.42. The van der Waals surface area contributed by atoms with E-state index in [9.17, 15) is 0 Å². The molecule has 0 heterocycles. The summed E-state index contributed by atoms with van der Waals surface area (Å²) in [6.45, 7) is 14.2. The minimum atomic E-state index is 0.880. The smallest absolute Gasteiger partial charge is 0.0328 e. The zero-order valence-corrected chi connectivity index (χ0v) is 14.1. The molecule has 0 amide bonds. The topological polar surface area (TPSA) is 0 Å². The van der Waals surface area contributed by atoms with Crippen LogP contribution in [0.2, 0.25) is 0 Å². The van der Waals surface area contributed by atoms with Crippen LogP contribution in [0.25, 0.3) is 0 Å². The van der Waals surface area contributed by atoms with Gasteiger partial charge in [0.05, 0.1) is 0 Å². The molecule has 0 saturated heterocycles. The lowest BCUT2D eigenvalue weighted by Crippen LogP contribution is -2.04. The molecule has 0 aromatic carbocycles. The van der Waals surface area contributed by atoms with Crippen LogP contribution in [0.4, 0.5) is 0 Å². The van der Waals surface area contributed by atoms with E-state index < -0.39 is 0 Å². The molecule has 17 heavy (non-hydrogen) atoms. The van der Waals surface area contributed by atoms with Gasteiger partial charge in [0.25, 0.3) is 0 Å². The first-order valence-corrected chi connectivity index (χ1v) is 9.03. The maximum atomic E-state index is 2.44. The Hall–Kier alpha value is 0.430. The summed E-state index contributed by atoms with van der Waals surface area (Å²) in [5, 5.41) is 0. The molecule has 2 unspecified atom stereocenters. The van der Waals surface area contributed by atoms with Crippen LogP contribution in [-0.4, -0.2) is 12.3 Å². The van der Waals surface area contributed by atoms with Crippen molar-refractivity contribution in [3.63, 3.8) is 0 Å². The minimum Gasteiger partial charge on any atom is -0.122 e. The van der Waals surface area contributed by atoms with E-state index in [-0.39, 0.29) is 0 Å². The average Bonchev–Trinajstić information content (AvgIpc) is 2.23. The zero-order chi connectivity index (χ0) is 13.3. The molecule has 0 aliphatic rings. The molecule has 0 spiro atoms. The van der Waals surface area contributed by atoms with Gasteiger partial charge in [-0.3, -0.25) is 0 Å². The highest BCUT2D eigenvalue weighted by Crippen LogP contribution is 2.25. The van der Waals surface area contributed by atoms with Crippen LogP contribution in [0.5, 0.6) is 0 Å². The standard InChI is InChI=1S/C16H35P/c1-13(2)7-9-15(5)11-17-12-16(6)10-8-14(3)4/h13-17H,7-12H2,1-6H3. The lowest BCUT2D eigenvalue weighted by molar-refractivity contribution is 0.473. The molecule has 0 saturated carbocycles. The highest BCUT2D eigenvalue weighted by molar-refractivity contribution is 7.37. The lowest BCUT2D eigenvalue weighted by Gasteiger charge is -2.16. The first-order valence-electron chi connectivity index (χ1n) is 7.62. The van der Waals surface area contributed by atoms with Crippen molar-refractivity contribution in [2.75, 3.05) is 12.3 Å². The van der Waals surface area contributed by atoms with Gasteiger partial charge in [0, 0.05) is 0 Å². The second-order valence-corrected chi connectivity index (χ2v) is 8.13. The summed E-state index contributed by atoms with van der Waals surface area (Å²) in [6, 6.07) is 0. The van der Waals surface area contributed by atoms with Gasteiger partial charge in [-0.25, -0.2) is 0 Å². The fraction of sp³-hybridized carbons (Fsp3) is 1.00. The molecule has 0 aromatic rings. The molecular formula is C16H35P. The molecule has 104 valence electrons. The van der Waals surface area contributed by atoms with E-state index in [2.05, 4.69) is 41.5 Å². The highest BCUT2D eigenvalue weighted by Gasteiger charge is 2.07. The van der Waals surface area contributed by atoms with E-state index in [0.717, 1.165) is 23.7 Å². The van der Waals surface area contributed by atoms with E-state index >= 15 is 0 Å². The summed E-state index contributed by atoms with van der Waals surface area (Å²) in [4.78, 5) is 0. The number of hydrogen-bond donors (Lipinski definition) is 0. The monoisotopic (exact) mass is 258 g/mol. The molecule has 0 aromatic heterocycles. The third-order valence-corrected chi connectivity index (χ3v) is 5.43.